The highest BCUT2D eigenvalue weighted by atomic mass is 19.1. The maximum absolute atomic E-state index is 13.6. The molecule has 2 aromatic rings. The summed E-state index contributed by atoms with van der Waals surface area (Å²) >= 11 is 0. The van der Waals surface area contributed by atoms with Crippen LogP contribution in [0.5, 0.6) is 0 Å². The summed E-state index contributed by atoms with van der Waals surface area (Å²) in [6.45, 7) is 3.91. The first-order valence-corrected chi connectivity index (χ1v) is 10.0. The van der Waals surface area contributed by atoms with Crippen molar-refractivity contribution in [3.8, 4) is 0 Å². The number of hydrogen-bond acceptors (Lipinski definition) is 4. The van der Waals surface area contributed by atoms with Crippen LogP contribution in [0.15, 0.2) is 36.5 Å². The number of benzene rings is 1. The van der Waals surface area contributed by atoms with Crippen molar-refractivity contribution < 1.29 is 13.9 Å². The van der Waals surface area contributed by atoms with Crippen LogP contribution in [0.2, 0.25) is 0 Å². The van der Waals surface area contributed by atoms with Crippen molar-refractivity contribution in [2.45, 2.75) is 57.5 Å². The van der Waals surface area contributed by atoms with E-state index in [1.165, 1.54) is 12.5 Å². The molecule has 6 heteroatoms. The lowest BCUT2D eigenvalue weighted by molar-refractivity contribution is -0.0424. The fourth-order valence-corrected chi connectivity index (χ4v) is 4.03. The molecule has 1 aromatic heterocycles. The summed E-state index contributed by atoms with van der Waals surface area (Å²) in [6.07, 6.45) is 7.63. The maximum Gasteiger partial charge on any atom is 0.150 e. The van der Waals surface area contributed by atoms with Gasteiger partial charge in [0.2, 0.25) is 0 Å². The van der Waals surface area contributed by atoms with Gasteiger partial charge in [-0.3, -0.25) is 4.90 Å². The van der Waals surface area contributed by atoms with E-state index in [1.54, 1.807) is 12.1 Å². The summed E-state index contributed by atoms with van der Waals surface area (Å²) in [6, 6.07) is 8.92. The summed E-state index contributed by atoms with van der Waals surface area (Å²) in [5.74, 6) is -0.190. The summed E-state index contributed by atoms with van der Waals surface area (Å²) in [7, 11) is 0. The van der Waals surface area contributed by atoms with E-state index in [9.17, 15) is 4.39 Å². The third-order valence-corrected chi connectivity index (χ3v) is 5.35. The molecule has 146 valence electrons. The monoisotopic (exact) mass is 373 g/mol. The minimum Gasteiger partial charge on any atom is -0.377 e. The van der Waals surface area contributed by atoms with Gasteiger partial charge in [-0.1, -0.05) is 12.1 Å². The lowest BCUT2D eigenvalue weighted by atomic mass is 10.1. The van der Waals surface area contributed by atoms with Crippen molar-refractivity contribution in [2.24, 2.45) is 0 Å². The van der Waals surface area contributed by atoms with Crippen LogP contribution in [0.25, 0.3) is 0 Å². The van der Waals surface area contributed by atoms with E-state index in [1.807, 2.05) is 16.9 Å². The molecule has 0 amide bonds. The topological polar surface area (TPSA) is 39.5 Å². The van der Waals surface area contributed by atoms with Gasteiger partial charge in [0.15, 0.2) is 6.23 Å². The molecule has 4 rings (SSSR count). The quantitative estimate of drug-likeness (QED) is 0.738. The Morgan fingerprint density at radius 3 is 2.78 bits per heavy atom. The molecule has 0 spiro atoms. The van der Waals surface area contributed by atoms with E-state index in [-0.39, 0.29) is 18.1 Å². The Morgan fingerprint density at radius 1 is 1.07 bits per heavy atom. The fourth-order valence-electron chi connectivity index (χ4n) is 4.03. The third kappa shape index (κ3) is 4.94. The fraction of sp³-hybridized carbons (Fsp3) is 0.571. The Morgan fingerprint density at radius 2 is 2.00 bits per heavy atom. The molecular weight excluding hydrogens is 345 g/mol. The van der Waals surface area contributed by atoms with Crippen molar-refractivity contribution >= 4 is 0 Å². The minimum atomic E-state index is -0.190. The minimum absolute atomic E-state index is 0.0301. The van der Waals surface area contributed by atoms with Gasteiger partial charge in [0.25, 0.3) is 0 Å². The van der Waals surface area contributed by atoms with E-state index in [2.05, 4.69) is 16.1 Å². The molecular formula is C21H28FN3O2. The van der Waals surface area contributed by atoms with E-state index < -0.39 is 0 Å². The maximum atomic E-state index is 13.6. The Hall–Kier alpha value is -1.76. The molecule has 0 unspecified atom stereocenters. The van der Waals surface area contributed by atoms with Crippen LogP contribution in [-0.4, -0.2) is 40.5 Å². The van der Waals surface area contributed by atoms with Gasteiger partial charge in [0.05, 0.1) is 11.8 Å². The molecule has 0 bridgehead atoms. The molecule has 2 atom stereocenters. The number of ether oxygens (including phenoxy) is 2. The van der Waals surface area contributed by atoms with Crippen LogP contribution >= 0.6 is 0 Å². The zero-order valence-corrected chi connectivity index (χ0v) is 15.7. The average Bonchev–Trinajstić information content (AvgIpc) is 3.34. The van der Waals surface area contributed by atoms with Gasteiger partial charge in [-0.2, -0.15) is 5.10 Å². The van der Waals surface area contributed by atoms with Crippen LogP contribution in [-0.2, 0) is 22.6 Å². The molecule has 2 saturated heterocycles. The van der Waals surface area contributed by atoms with Crippen molar-refractivity contribution in [1.82, 2.24) is 14.7 Å². The number of aromatic nitrogens is 2. The van der Waals surface area contributed by atoms with E-state index in [0.29, 0.717) is 6.54 Å². The summed E-state index contributed by atoms with van der Waals surface area (Å²) in [5.41, 5.74) is 2.12. The average molecular weight is 373 g/mol. The van der Waals surface area contributed by atoms with E-state index in [0.717, 1.165) is 63.2 Å². The van der Waals surface area contributed by atoms with Crippen LogP contribution in [0, 0.1) is 5.82 Å². The molecule has 2 aliphatic rings. The standard InChI is InChI=1S/C21H28FN3O2/c22-18-6-3-5-17(13-18)14-24(16-20-7-4-12-26-20)15-19-9-10-23-25(19)21-8-1-2-11-27-21/h3,5-6,9-10,13,20-21H,1-2,4,7-8,11-12,14-16H2/t20-,21-/m0/s1. The Kier molecular flexibility index (Phi) is 6.17. The highest BCUT2D eigenvalue weighted by molar-refractivity contribution is 5.16. The van der Waals surface area contributed by atoms with Gasteiger partial charge in [-0.05, 0) is 55.9 Å². The molecule has 27 heavy (non-hydrogen) atoms. The lowest BCUT2D eigenvalue weighted by Crippen LogP contribution is -2.33. The smallest absolute Gasteiger partial charge is 0.150 e. The second-order valence-electron chi connectivity index (χ2n) is 7.52. The van der Waals surface area contributed by atoms with E-state index in [4.69, 9.17) is 9.47 Å². The SMILES string of the molecule is Fc1cccc(CN(Cc2ccnn2[C@@H]2CCCCO2)C[C@@H]2CCCO2)c1. The summed E-state index contributed by atoms with van der Waals surface area (Å²) in [5, 5.41) is 4.52. The molecule has 0 radical (unpaired) electrons. The summed E-state index contributed by atoms with van der Waals surface area (Å²) < 4.78 is 27.4. The third-order valence-electron chi connectivity index (χ3n) is 5.35. The molecule has 2 aliphatic heterocycles. The van der Waals surface area contributed by atoms with Gasteiger partial charge in [0.1, 0.15) is 5.82 Å². The molecule has 5 nitrogen and oxygen atoms in total. The molecule has 0 N–H and O–H groups in total. The Bertz CT molecular complexity index is 724. The first-order chi connectivity index (χ1) is 13.3. The van der Waals surface area contributed by atoms with Crippen LogP contribution in [0.3, 0.4) is 0 Å². The number of rotatable bonds is 7. The van der Waals surface area contributed by atoms with E-state index >= 15 is 0 Å². The predicted molar refractivity (Wildman–Crippen MR) is 101 cm³/mol. The molecule has 3 heterocycles. The molecule has 0 saturated carbocycles. The highest BCUT2D eigenvalue weighted by Crippen LogP contribution is 2.24. The first kappa shape index (κ1) is 18.6. The van der Waals surface area contributed by atoms with Gasteiger partial charge >= 0.3 is 0 Å². The Labute approximate surface area is 160 Å². The van der Waals surface area contributed by atoms with Crippen molar-refractivity contribution in [2.75, 3.05) is 19.8 Å². The number of hydrogen-bond donors (Lipinski definition) is 0. The van der Waals surface area contributed by atoms with Crippen LogP contribution < -0.4 is 0 Å². The molecule has 0 aliphatic carbocycles. The van der Waals surface area contributed by atoms with Crippen molar-refractivity contribution in [3.05, 3.63) is 53.6 Å². The van der Waals surface area contributed by atoms with Crippen LogP contribution in [0.4, 0.5) is 4.39 Å². The predicted octanol–water partition coefficient (Wildman–Crippen LogP) is 3.90. The van der Waals surface area contributed by atoms with Gasteiger partial charge in [-0.15, -0.1) is 0 Å². The molecule has 2 fully saturated rings. The summed E-state index contributed by atoms with van der Waals surface area (Å²) in [4.78, 5) is 2.33. The first-order valence-electron chi connectivity index (χ1n) is 10.0. The Balaban J connectivity index is 1.49. The number of halogens is 1. The van der Waals surface area contributed by atoms with Crippen LogP contribution in [0.1, 0.15) is 49.6 Å². The highest BCUT2D eigenvalue weighted by Gasteiger charge is 2.23. The lowest BCUT2D eigenvalue weighted by Gasteiger charge is -2.28. The van der Waals surface area contributed by atoms with Crippen molar-refractivity contribution in [3.63, 3.8) is 0 Å². The largest absolute Gasteiger partial charge is 0.377 e. The van der Waals surface area contributed by atoms with Gasteiger partial charge in [0, 0.05) is 39.0 Å². The zero-order valence-electron chi connectivity index (χ0n) is 15.7. The number of nitrogens with zero attached hydrogens (tertiary/aromatic N) is 3. The van der Waals surface area contributed by atoms with Gasteiger partial charge < -0.3 is 9.47 Å². The van der Waals surface area contributed by atoms with Gasteiger partial charge in [-0.25, -0.2) is 9.07 Å². The molecule has 1 aromatic carbocycles. The zero-order chi connectivity index (χ0) is 18.5. The second-order valence-corrected chi connectivity index (χ2v) is 7.52. The van der Waals surface area contributed by atoms with Crippen molar-refractivity contribution in [1.29, 1.82) is 0 Å². The second kappa shape index (κ2) is 8.95. The normalized spacial score (nSPS) is 23.2.